The fraction of sp³-hybridized carbons (Fsp3) is 0.214. The molecule has 0 saturated heterocycles. The van der Waals surface area contributed by atoms with Gasteiger partial charge >= 0.3 is 0 Å². The van der Waals surface area contributed by atoms with Crippen LogP contribution in [-0.4, -0.2) is 16.2 Å². The summed E-state index contributed by atoms with van der Waals surface area (Å²) >= 11 is 0. The molecule has 0 fully saturated rings. The Labute approximate surface area is 110 Å². The van der Waals surface area contributed by atoms with Crippen molar-refractivity contribution in [1.29, 1.82) is 5.26 Å². The molecular weight excluding hydrogens is 242 g/mol. The Bertz CT molecular complexity index is 654. The van der Waals surface area contributed by atoms with Crippen LogP contribution in [0.2, 0.25) is 0 Å². The summed E-state index contributed by atoms with van der Waals surface area (Å²) in [4.78, 5) is 15.9. The van der Waals surface area contributed by atoms with Gasteiger partial charge in [0.2, 0.25) is 0 Å². The van der Waals surface area contributed by atoms with E-state index in [4.69, 9.17) is 10.00 Å². The third kappa shape index (κ3) is 2.99. The van der Waals surface area contributed by atoms with Crippen molar-refractivity contribution in [2.24, 2.45) is 0 Å². The Hall–Kier alpha value is -2.61. The van der Waals surface area contributed by atoms with Gasteiger partial charge in [-0.1, -0.05) is 12.1 Å². The molecule has 19 heavy (non-hydrogen) atoms. The highest BCUT2D eigenvalue weighted by Gasteiger charge is 2.06. The average Bonchev–Trinajstić information content (AvgIpc) is 2.44. The molecule has 1 aromatic carbocycles. The van der Waals surface area contributed by atoms with Crippen molar-refractivity contribution in [3.05, 3.63) is 58.0 Å². The largest absolute Gasteiger partial charge is 0.465 e. The zero-order valence-corrected chi connectivity index (χ0v) is 10.5. The van der Waals surface area contributed by atoms with Crippen molar-refractivity contribution < 1.29 is 4.74 Å². The quantitative estimate of drug-likeness (QED) is 0.831. The van der Waals surface area contributed by atoms with Gasteiger partial charge in [0.05, 0.1) is 24.8 Å². The first kappa shape index (κ1) is 12.8. The highest BCUT2D eigenvalue weighted by molar-refractivity contribution is 5.31. The molecule has 5 heteroatoms. The minimum Gasteiger partial charge on any atom is -0.465 e. The van der Waals surface area contributed by atoms with Crippen LogP contribution in [-0.2, 0) is 6.54 Å². The molecule has 0 bridgehead atoms. The first-order valence-electron chi connectivity index (χ1n) is 5.92. The van der Waals surface area contributed by atoms with Gasteiger partial charge in [0.25, 0.3) is 11.6 Å². The Kier molecular flexibility index (Phi) is 3.94. The molecule has 0 aliphatic rings. The van der Waals surface area contributed by atoms with E-state index in [2.05, 4.69) is 11.1 Å². The van der Waals surface area contributed by atoms with Gasteiger partial charge in [-0.2, -0.15) is 5.26 Å². The Morgan fingerprint density at radius 1 is 1.32 bits per heavy atom. The molecule has 0 aliphatic carbocycles. The summed E-state index contributed by atoms with van der Waals surface area (Å²) < 4.78 is 6.80. The summed E-state index contributed by atoms with van der Waals surface area (Å²) in [6, 6.07) is 10.8. The molecule has 5 nitrogen and oxygen atoms in total. The van der Waals surface area contributed by atoms with Crippen LogP contribution < -0.4 is 10.3 Å². The predicted molar refractivity (Wildman–Crippen MR) is 69.9 cm³/mol. The summed E-state index contributed by atoms with van der Waals surface area (Å²) in [5.74, 6) is 0. The van der Waals surface area contributed by atoms with Gasteiger partial charge in [-0.3, -0.25) is 9.36 Å². The standard InChI is InChI=1S/C14H13N3O2/c1-2-19-14-16-8-7-13(18)17(14)10-12-5-3-11(9-15)4-6-12/h3-8H,2,10H2,1H3. The highest BCUT2D eigenvalue weighted by Crippen LogP contribution is 2.09. The molecule has 0 N–H and O–H groups in total. The first-order chi connectivity index (χ1) is 9.24. The van der Waals surface area contributed by atoms with E-state index in [-0.39, 0.29) is 5.56 Å². The van der Waals surface area contributed by atoms with Crippen molar-refractivity contribution in [3.63, 3.8) is 0 Å². The molecular formula is C14H13N3O2. The highest BCUT2D eigenvalue weighted by atomic mass is 16.5. The minimum atomic E-state index is -0.164. The van der Waals surface area contributed by atoms with E-state index in [0.29, 0.717) is 24.7 Å². The summed E-state index contributed by atoms with van der Waals surface area (Å²) in [6.45, 7) is 2.66. The third-order valence-corrected chi connectivity index (χ3v) is 2.60. The molecule has 0 radical (unpaired) electrons. The second-order valence-corrected chi connectivity index (χ2v) is 3.89. The van der Waals surface area contributed by atoms with Gasteiger partial charge in [0, 0.05) is 12.3 Å². The summed E-state index contributed by atoms with van der Waals surface area (Å²) in [7, 11) is 0. The van der Waals surface area contributed by atoms with Crippen LogP contribution in [0.3, 0.4) is 0 Å². The Morgan fingerprint density at radius 2 is 2.05 bits per heavy atom. The molecule has 2 aromatic rings. The molecule has 0 atom stereocenters. The maximum atomic E-state index is 11.8. The lowest BCUT2D eigenvalue weighted by atomic mass is 10.1. The molecule has 96 valence electrons. The van der Waals surface area contributed by atoms with E-state index in [9.17, 15) is 4.79 Å². The van der Waals surface area contributed by atoms with Gasteiger partial charge in [0.15, 0.2) is 0 Å². The lowest BCUT2D eigenvalue weighted by molar-refractivity contribution is 0.291. The van der Waals surface area contributed by atoms with E-state index >= 15 is 0 Å². The van der Waals surface area contributed by atoms with Gasteiger partial charge in [-0.25, -0.2) is 4.98 Å². The molecule has 1 heterocycles. The third-order valence-electron chi connectivity index (χ3n) is 2.60. The zero-order valence-electron chi connectivity index (χ0n) is 10.5. The molecule has 0 saturated carbocycles. The summed E-state index contributed by atoms with van der Waals surface area (Å²) in [5, 5.41) is 8.74. The van der Waals surface area contributed by atoms with E-state index in [1.165, 1.54) is 16.8 Å². The SMILES string of the molecule is CCOc1nccc(=O)n1Cc1ccc(C#N)cc1. The zero-order chi connectivity index (χ0) is 13.7. The topological polar surface area (TPSA) is 67.9 Å². The van der Waals surface area contributed by atoms with Crippen LogP contribution in [0.1, 0.15) is 18.1 Å². The van der Waals surface area contributed by atoms with Crippen LogP contribution >= 0.6 is 0 Å². The van der Waals surface area contributed by atoms with Crippen LogP contribution in [0.4, 0.5) is 0 Å². The van der Waals surface area contributed by atoms with E-state index < -0.39 is 0 Å². The lowest BCUT2D eigenvalue weighted by Gasteiger charge is -2.11. The van der Waals surface area contributed by atoms with Crippen molar-refractivity contribution in [3.8, 4) is 12.1 Å². The van der Waals surface area contributed by atoms with Gasteiger partial charge in [0.1, 0.15) is 0 Å². The lowest BCUT2D eigenvalue weighted by Crippen LogP contribution is -2.22. The Morgan fingerprint density at radius 3 is 2.68 bits per heavy atom. The maximum absolute atomic E-state index is 11.8. The molecule has 0 unspecified atom stereocenters. The first-order valence-corrected chi connectivity index (χ1v) is 5.92. The number of benzene rings is 1. The van der Waals surface area contributed by atoms with Crippen molar-refractivity contribution in [2.75, 3.05) is 6.61 Å². The minimum absolute atomic E-state index is 0.164. The number of hydrogen-bond acceptors (Lipinski definition) is 4. The van der Waals surface area contributed by atoms with Crippen LogP contribution in [0.5, 0.6) is 6.01 Å². The number of aromatic nitrogens is 2. The summed E-state index contributed by atoms with van der Waals surface area (Å²) in [5.41, 5.74) is 1.34. The van der Waals surface area contributed by atoms with Gasteiger partial charge in [-0.15, -0.1) is 0 Å². The smallest absolute Gasteiger partial charge is 0.299 e. The molecule has 2 rings (SSSR count). The second-order valence-electron chi connectivity index (χ2n) is 3.89. The average molecular weight is 255 g/mol. The number of nitrogens with zero attached hydrogens (tertiary/aromatic N) is 3. The van der Waals surface area contributed by atoms with Crippen molar-refractivity contribution in [1.82, 2.24) is 9.55 Å². The van der Waals surface area contributed by atoms with Crippen LogP contribution in [0, 0.1) is 11.3 Å². The molecule has 0 spiro atoms. The van der Waals surface area contributed by atoms with Crippen molar-refractivity contribution in [2.45, 2.75) is 13.5 Å². The normalized spacial score (nSPS) is 9.89. The second kappa shape index (κ2) is 5.83. The molecule has 1 aromatic heterocycles. The van der Waals surface area contributed by atoms with E-state index in [1.54, 1.807) is 12.1 Å². The van der Waals surface area contributed by atoms with E-state index in [1.807, 2.05) is 19.1 Å². The van der Waals surface area contributed by atoms with Gasteiger partial charge < -0.3 is 4.74 Å². The maximum Gasteiger partial charge on any atom is 0.299 e. The van der Waals surface area contributed by atoms with Crippen molar-refractivity contribution >= 4 is 0 Å². The monoisotopic (exact) mass is 255 g/mol. The van der Waals surface area contributed by atoms with Crippen LogP contribution in [0.25, 0.3) is 0 Å². The molecule has 0 amide bonds. The Balaban J connectivity index is 2.32. The number of ether oxygens (including phenoxy) is 1. The summed E-state index contributed by atoms with van der Waals surface area (Å²) in [6.07, 6.45) is 1.43. The fourth-order valence-corrected chi connectivity index (χ4v) is 1.68. The number of rotatable bonds is 4. The van der Waals surface area contributed by atoms with E-state index in [0.717, 1.165) is 5.56 Å². The van der Waals surface area contributed by atoms with Crippen LogP contribution in [0.15, 0.2) is 41.3 Å². The van der Waals surface area contributed by atoms with Gasteiger partial charge in [-0.05, 0) is 24.6 Å². The number of hydrogen-bond donors (Lipinski definition) is 0. The number of nitriles is 1. The molecule has 0 aliphatic heterocycles. The fourth-order valence-electron chi connectivity index (χ4n) is 1.68. The predicted octanol–water partition coefficient (Wildman–Crippen LogP) is 1.56.